The van der Waals surface area contributed by atoms with Crippen LogP contribution in [0.2, 0.25) is 5.02 Å². The summed E-state index contributed by atoms with van der Waals surface area (Å²) in [7, 11) is -7.46. The molecule has 0 fully saturated rings. The molecular formula is C12H12ClNO4S3. The zero-order valence-corrected chi connectivity index (χ0v) is 14.0. The predicted octanol–water partition coefficient (Wildman–Crippen LogP) is 2.15. The lowest BCUT2D eigenvalue weighted by Crippen LogP contribution is -2.10. The van der Waals surface area contributed by atoms with E-state index in [9.17, 15) is 16.8 Å². The van der Waals surface area contributed by atoms with Crippen LogP contribution in [0.3, 0.4) is 0 Å². The highest BCUT2D eigenvalue weighted by Gasteiger charge is 2.17. The summed E-state index contributed by atoms with van der Waals surface area (Å²) in [5.41, 5.74) is 0. The number of sulfone groups is 2. The summed E-state index contributed by atoms with van der Waals surface area (Å²) in [6, 6.07) is 5.51. The largest absolute Gasteiger partial charge is 0.281 e. The first-order valence-electron chi connectivity index (χ1n) is 5.86. The highest BCUT2D eigenvalue weighted by atomic mass is 35.5. The monoisotopic (exact) mass is 365 g/mol. The van der Waals surface area contributed by atoms with Crippen molar-refractivity contribution < 1.29 is 16.8 Å². The van der Waals surface area contributed by atoms with Crippen LogP contribution in [0.4, 0.5) is 0 Å². The third-order valence-corrected chi connectivity index (χ3v) is 6.81. The molecule has 0 aliphatic carbocycles. The minimum absolute atomic E-state index is 0.00840. The van der Waals surface area contributed by atoms with Gasteiger partial charge in [0.05, 0.1) is 9.94 Å². The summed E-state index contributed by atoms with van der Waals surface area (Å²) in [5.74, 6) is 0.502. The standard InChI is InChI=1S/C12H12ClNO4S3/c13-10-1-3-11(4-2-10)21(17,18)8-7-20(15,16)9-12-14-5-6-19-12/h1-4,7-8H,5-6,9H2/b8-7+. The highest BCUT2D eigenvalue weighted by molar-refractivity contribution is 8.15. The summed E-state index contributed by atoms with van der Waals surface area (Å²) in [5, 5.41) is 2.34. The molecule has 2 rings (SSSR count). The molecule has 1 aromatic carbocycles. The molecule has 0 saturated carbocycles. The van der Waals surface area contributed by atoms with Crippen molar-refractivity contribution >= 4 is 48.1 Å². The van der Waals surface area contributed by atoms with Gasteiger partial charge in [0.1, 0.15) is 5.75 Å². The molecule has 0 N–H and O–H groups in total. The lowest BCUT2D eigenvalue weighted by molar-refractivity contribution is 0.602. The second-order valence-electron chi connectivity index (χ2n) is 4.20. The van der Waals surface area contributed by atoms with Crippen molar-refractivity contribution in [2.24, 2.45) is 4.99 Å². The number of hydrogen-bond donors (Lipinski definition) is 0. The van der Waals surface area contributed by atoms with E-state index in [1.54, 1.807) is 0 Å². The van der Waals surface area contributed by atoms with Crippen LogP contribution < -0.4 is 0 Å². The Morgan fingerprint density at radius 2 is 1.81 bits per heavy atom. The molecule has 0 saturated heterocycles. The average Bonchev–Trinajstić information content (AvgIpc) is 2.89. The molecule has 0 radical (unpaired) electrons. The van der Waals surface area contributed by atoms with Gasteiger partial charge in [0.25, 0.3) is 0 Å². The number of nitrogens with zero attached hydrogens (tertiary/aromatic N) is 1. The maximum atomic E-state index is 12.0. The van der Waals surface area contributed by atoms with Crippen molar-refractivity contribution in [3.05, 3.63) is 40.1 Å². The van der Waals surface area contributed by atoms with Crippen molar-refractivity contribution in [2.75, 3.05) is 18.1 Å². The van der Waals surface area contributed by atoms with Gasteiger partial charge in [0, 0.05) is 28.1 Å². The van der Waals surface area contributed by atoms with E-state index in [0.717, 1.165) is 11.2 Å². The van der Waals surface area contributed by atoms with E-state index in [-0.39, 0.29) is 10.6 Å². The molecule has 9 heteroatoms. The van der Waals surface area contributed by atoms with Gasteiger partial charge >= 0.3 is 0 Å². The topological polar surface area (TPSA) is 80.6 Å². The molecule has 0 bridgehead atoms. The molecular weight excluding hydrogens is 354 g/mol. The fraction of sp³-hybridized carbons (Fsp3) is 0.250. The van der Waals surface area contributed by atoms with E-state index < -0.39 is 19.7 Å². The normalized spacial score (nSPS) is 16.3. The Bertz CT molecular complexity index is 780. The molecule has 114 valence electrons. The second-order valence-corrected chi connectivity index (χ2v) is 9.53. The summed E-state index contributed by atoms with van der Waals surface area (Å²) in [4.78, 5) is 4.03. The Balaban J connectivity index is 2.17. The first-order valence-corrected chi connectivity index (χ1v) is 10.5. The van der Waals surface area contributed by atoms with Crippen LogP contribution in [-0.4, -0.2) is 39.9 Å². The van der Waals surface area contributed by atoms with Gasteiger partial charge < -0.3 is 0 Å². The van der Waals surface area contributed by atoms with Gasteiger partial charge in [0.2, 0.25) is 9.84 Å². The van der Waals surface area contributed by atoms with Crippen LogP contribution in [0, 0.1) is 0 Å². The van der Waals surface area contributed by atoms with Gasteiger partial charge in [-0.05, 0) is 24.3 Å². The molecule has 5 nitrogen and oxygen atoms in total. The Hall–Kier alpha value is -0.830. The van der Waals surface area contributed by atoms with Crippen molar-refractivity contribution in [1.29, 1.82) is 0 Å². The Kier molecular flexibility index (Phi) is 5.13. The first-order chi connectivity index (χ1) is 9.78. The number of hydrogen-bond acceptors (Lipinski definition) is 6. The summed E-state index contributed by atoms with van der Waals surface area (Å²) >= 11 is 7.06. The Labute approximate surface area is 132 Å². The smallest absolute Gasteiger partial charge is 0.200 e. The molecule has 0 amide bonds. The van der Waals surface area contributed by atoms with Gasteiger partial charge in [-0.2, -0.15) is 0 Å². The SMILES string of the molecule is O=S(=O)(/C=C/S(=O)(=O)c1ccc(Cl)cc1)CC1=NCCS1. The van der Waals surface area contributed by atoms with Crippen LogP contribution in [0.5, 0.6) is 0 Å². The van der Waals surface area contributed by atoms with Crippen LogP contribution in [0.1, 0.15) is 0 Å². The van der Waals surface area contributed by atoms with Gasteiger partial charge in [-0.15, -0.1) is 11.8 Å². The summed E-state index contributed by atoms with van der Waals surface area (Å²) in [6.45, 7) is 0.600. The van der Waals surface area contributed by atoms with Crippen LogP contribution in [0.15, 0.2) is 45.0 Å². The molecule has 1 aromatic rings. The van der Waals surface area contributed by atoms with E-state index in [2.05, 4.69) is 4.99 Å². The average molecular weight is 366 g/mol. The van der Waals surface area contributed by atoms with Crippen molar-refractivity contribution in [2.45, 2.75) is 4.90 Å². The van der Waals surface area contributed by atoms with E-state index in [1.165, 1.54) is 36.0 Å². The third kappa shape index (κ3) is 4.84. The molecule has 0 aromatic heterocycles. The second kappa shape index (κ2) is 6.51. The molecule has 21 heavy (non-hydrogen) atoms. The van der Waals surface area contributed by atoms with Crippen LogP contribution >= 0.6 is 23.4 Å². The van der Waals surface area contributed by atoms with E-state index >= 15 is 0 Å². The van der Waals surface area contributed by atoms with Crippen molar-refractivity contribution in [1.82, 2.24) is 0 Å². The fourth-order valence-corrected chi connectivity index (χ4v) is 5.57. The number of rotatable bonds is 5. The maximum Gasteiger partial charge on any atom is 0.200 e. The van der Waals surface area contributed by atoms with Gasteiger partial charge in [0.15, 0.2) is 9.84 Å². The van der Waals surface area contributed by atoms with E-state index in [1.807, 2.05) is 0 Å². The summed E-state index contributed by atoms with van der Waals surface area (Å²) in [6.07, 6.45) is 0. The lowest BCUT2D eigenvalue weighted by Gasteiger charge is -2.00. The Morgan fingerprint density at radius 1 is 1.14 bits per heavy atom. The molecule has 1 aliphatic rings. The van der Waals surface area contributed by atoms with Gasteiger partial charge in [-0.3, -0.25) is 4.99 Å². The van der Waals surface area contributed by atoms with E-state index in [4.69, 9.17) is 11.6 Å². The third-order valence-electron chi connectivity index (χ3n) is 2.56. The number of aliphatic imine (C=N–C) groups is 1. The predicted molar refractivity (Wildman–Crippen MR) is 86.3 cm³/mol. The van der Waals surface area contributed by atoms with Crippen molar-refractivity contribution in [3.8, 4) is 0 Å². The minimum Gasteiger partial charge on any atom is -0.281 e. The quantitative estimate of drug-likeness (QED) is 0.798. The zero-order valence-electron chi connectivity index (χ0n) is 10.8. The number of thioether (sulfide) groups is 1. The first kappa shape index (κ1) is 16.5. The zero-order chi connectivity index (χ0) is 15.5. The number of benzene rings is 1. The molecule has 1 aliphatic heterocycles. The van der Waals surface area contributed by atoms with Crippen molar-refractivity contribution in [3.63, 3.8) is 0 Å². The highest BCUT2D eigenvalue weighted by Crippen LogP contribution is 2.18. The summed E-state index contributed by atoms with van der Waals surface area (Å²) < 4.78 is 47.7. The number of halogens is 1. The van der Waals surface area contributed by atoms with E-state index in [0.29, 0.717) is 22.0 Å². The van der Waals surface area contributed by atoms with Crippen LogP contribution in [-0.2, 0) is 19.7 Å². The fourth-order valence-electron chi connectivity index (χ4n) is 1.55. The lowest BCUT2D eigenvalue weighted by atomic mass is 10.4. The van der Waals surface area contributed by atoms with Crippen LogP contribution in [0.25, 0.3) is 0 Å². The Morgan fingerprint density at radius 3 is 2.38 bits per heavy atom. The molecule has 0 unspecified atom stereocenters. The van der Waals surface area contributed by atoms with Gasteiger partial charge in [-0.25, -0.2) is 16.8 Å². The minimum atomic E-state index is -3.81. The molecule has 1 heterocycles. The van der Waals surface area contributed by atoms with Gasteiger partial charge in [-0.1, -0.05) is 11.6 Å². The molecule has 0 spiro atoms. The molecule has 0 atom stereocenters. The maximum absolute atomic E-state index is 12.0.